The number of rotatable bonds is 2. The third kappa shape index (κ3) is 3.23. The zero-order valence-corrected chi connectivity index (χ0v) is 14.2. The minimum atomic E-state index is -0.940. The van der Waals surface area contributed by atoms with Crippen LogP contribution in [0, 0.1) is 0 Å². The van der Waals surface area contributed by atoms with Gasteiger partial charge in [-0.25, -0.2) is 0 Å². The summed E-state index contributed by atoms with van der Waals surface area (Å²) in [6, 6.07) is 10.1. The van der Waals surface area contributed by atoms with Crippen LogP contribution in [-0.4, -0.2) is 33.6 Å². The third-order valence-corrected chi connectivity index (χ3v) is 4.84. The molecule has 1 aliphatic heterocycles. The van der Waals surface area contributed by atoms with Crippen molar-refractivity contribution in [1.29, 1.82) is 0 Å². The van der Waals surface area contributed by atoms with E-state index in [-0.39, 0.29) is 11.5 Å². The summed E-state index contributed by atoms with van der Waals surface area (Å²) in [6.07, 6.45) is 2.48. The van der Waals surface area contributed by atoms with E-state index in [0.717, 1.165) is 5.56 Å². The number of nitrogens with zero attached hydrogens (tertiary/aromatic N) is 2. The van der Waals surface area contributed by atoms with Gasteiger partial charge < -0.3 is 14.6 Å². The van der Waals surface area contributed by atoms with Crippen molar-refractivity contribution in [2.45, 2.75) is 18.4 Å². The van der Waals surface area contributed by atoms with Gasteiger partial charge in [-0.1, -0.05) is 23.7 Å². The Morgan fingerprint density at radius 1 is 1.12 bits per heavy atom. The molecule has 0 unspecified atom stereocenters. The second-order valence-corrected chi connectivity index (χ2v) is 6.63. The van der Waals surface area contributed by atoms with Crippen molar-refractivity contribution in [1.82, 2.24) is 9.47 Å². The van der Waals surface area contributed by atoms with Crippen LogP contribution in [0.3, 0.4) is 0 Å². The van der Waals surface area contributed by atoms with Crippen LogP contribution < -0.4 is 5.56 Å². The van der Waals surface area contributed by atoms with Gasteiger partial charge in [0.2, 0.25) is 5.56 Å². The first-order chi connectivity index (χ1) is 11.4. The Bertz CT molecular complexity index is 806. The zero-order chi connectivity index (χ0) is 17.3. The Kier molecular flexibility index (Phi) is 4.47. The minimum absolute atomic E-state index is 0.122. The summed E-state index contributed by atoms with van der Waals surface area (Å²) in [4.78, 5) is 25.7. The van der Waals surface area contributed by atoms with Crippen LogP contribution >= 0.6 is 11.6 Å². The van der Waals surface area contributed by atoms with E-state index in [1.807, 2.05) is 12.1 Å². The molecule has 5 nitrogen and oxygen atoms in total. The number of carbonyl (C=O) groups excluding carboxylic acids is 1. The number of piperidine rings is 1. The molecule has 1 saturated heterocycles. The van der Waals surface area contributed by atoms with E-state index in [4.69, 9.17) is 11.6 Å². The minimum Gasteiger partial charge on any atom is -0.385 e. The topological polar surface area (TPSA) is 62.5 Å². The monoisotopic (exact) mass is 346 g/mol. The Balaban J connectivity index is 1.72. The van der Waals surface area contributed by atoms with E-state index < -0.39 is 5.60 Å². The number of aromatic nitrogens is 1. The fraction of sp³-hybridized carbons (Fsp3) is 0.333. The number of amides is 1. The number of benzene rings is 1. The van der Waals surface area contributed by atoms with E-state index in [0.29, 0.717) is 36.5 Å². The van der Waals surface area contributed by atoms with E-state index in [1.165, 1.54) is 10.6 Å². The fourth-order valence-corrected chi connectivity index (χ4v) is 3.16. The Labute approximate surface area is 145 Å². The first kappa shape index (κ1) is 16.7. The molecule has 0 atom stereocenters. The highest BCUT2D eigenvalue weighted by Gasteiger charge is 2.35. The normalized spacial score (nSPS) is 16.9. The molecule has 1 aromatic heterocycles. The first-order valence-electron chi connectivity index (χ1n) is 7.83. The molecule has 0 bridgehead atoms. The number of aliphatic hydroxyl groups is 1. The quantitative estimate of drug-likeness (QED) is 0.906. The van der Waals surface area contributed by atoms with Gasteiger partial charge >= 0.3 is 0 Å². The molecule has 3 rings (SSSR count). The highest BCUT2D eigenvalue weighted by atomic mass is 35.5. The highest BCUT2D eigenvalue weighted by molar-refractivity contribution is 6.30. The predicted molar refractivity (Wildman–Crippen MR) is 92.2 cm³/mol. The van der Waals surface area contributed by atoms with Gasteiger partial charge in [-0.2, -0.15) is 0 Å². The van der Waals surface area contributed by atoms with Gasteiger partial charge in [0.05, 0.1) is 11.2 Å². The largest absolute Gasteiger partial charge is 0.385 e. The molecule has 126 valence electrons. The van der Waals surface area contributed by atoms with Crippen molar-refractivity contribution in [3.63, 3.8) is 0 Å². The molecule has 1 N–H and O–H groups in total. The second kappa shape index (κ2) is 6.42. The summed E-state index contributed by atoms with van der Waals surface area (Å²) < 4.78 is 1.39. The molecule has 0 radical (unpaired) electrons. The van der Waals surface area contributed by atoms with Gasteiger partial charge in [0.25, 0.3) is 5.91 Å². The van der Waals surface area contributed by atoms with Gasteiger partial charge in [-0.15, -0.1) is 0 Å². The molecule has 2 aromatic rings. The standard InChI is InChI=1S/C18H19ClN2O3/c1-20-12-13(2-7-16(20)22)17(23)21-10-8-18(24,9-11-21)14-3-5-15(19)6-4-14/h2-7,12,24H,8-11H2,1H3. The molecule has 1 aromatic carbocycles. The van der Waals surface area contributed by atoms with Crippen molar-refractivity contribution < 1.29 is 9.90 Å². The number of hydrogen-bond acceptors (Lipinski definition) is 3. The van der Waals surface area contributed by atoms with Crippen LogP contribution in [0.15, 0.2) is 47.4 Å². The second-order valence-electron chi connectivity index (χ2n) is 6.20. The number of pyridine rings is 1. The first-order valence-corrected chi connectivity index (χ1v) is 8.21. The number of likely N-dealkylation sites (tertiary alicyclic amines) is 1. The summed E-state index contributed by atoms with van der Waals surface area (Å²) >= 11 is 5.89. The average molecular weight is 347 g/mol. The van der Waals surface area contributed by atoms with Crippen LogP contribution in [0.25, 0.3) is 0 Å². The maximum atomic E-state index is 12.6. The van der Waals surface area contributed by atoms with Crippen LogP contribution in [-0.2, 0) is 12.6 Å². The van der Waals surface area contributed by atoms with Crippen molar-refractivity contribution in [3.8, 4) is 0 Å². The molecule has 0 spiro atoms. The lowest BCUT2D eigenvalue weighted by molar-refractivity contribution is -0.0211. The summed E-state index contributed by atoms with van der Waals surface area (Å²) in [7, 11) is 1.62. The van der Waals surface area contributed by atoms with E-state index in [9.17, 15) is 14.7 Å². The predicted octanol–water partition coefficient (Wildman–Crippen LogP) is 2.16. The van der Waals surface area contributed by atoms with Gasteiger partial charge in [0, 0.05) is 37.4 Å². The lowest BCUT2D eigenvalue weighted by atomic mass is 9.84. The third-order valence-electron chi connectivity index (χ3n) is 4.59. The number of halogens is 1. The smallest absolute Gasteiger partial charge is 0.255 e. The summed E-state index contributed by atoms with van der Waals surface area (Å²) in [6.45, 7) is 0.918. The maximum absolute atomic E-state index is 12.6. The van der Waals surface area contributed by atoms with Crippen molar-refractivity contribution >= 4 is 17.5 Å². The number of carbonyl (C=O) groups is 1. The molecule has 6 heteroatoms. The summed E-state index contributed by atoms with van der Waals surface area (Å²) in [5, 5.41) is 11.5. The van der Waals surface area contributed by atoms with Crippen molar-refractivity contribution in [3.05, 3.63) is 69.1 Å². The van der Waals surface area contributed by atoms with Gasteiger partial charge in [0.15, 0.2) is 0 Å². The van der Waals surface area contributed by atoms with E-state index in [1.54, 1.807) is 36.3 Å². The summed E-state index contributed by atoms with van der Waals surface area (Å²) in [5.41, 5.74) is 0.211. The van der Waals surface area contributed by atoms with Crippen LogP contribution in [0.1, 0.15) is 28.8 Å². The number of hydrogen-bond donors (Lipinski definition) is 1. The molecule has 1 fully saturated rings. The SMILES string of the molecule is Cn1cc(C(=O)N2CCC(O)(c3ccc(Cl)cc3)CC2)ccc1=O. The summed E-state index contributed by atoms with van der Waals surface area (Å²) in [5.74, 6) is -0.122. The van der Waals surface area contributed by atoms with Crippen molar-refractivity contribution in [2.24, 2.45) is 7.05 Å². The van der Waals surface area contributed by atoms with E-state index >= 15 is 0 Å². The average Bonchev–Trinajstić information content (AvgIpc) is 2.58. The molecular weight excluding hydrogens is 328 g/mol. The van der Waals surface area contributed by atoms with Gasteiger partial charge in [-0.05, 0) is 36.6 Å². The number of aryl methyl sites for hydroxylation is 1. The Morgan fingerprint density at radius 2 is 1.75 bits per heavy atom. The molecule has 0 saturated carbocycles. The Morgan fingerprint density at radius 3 is 2.33 bits per heavy atom. The molecule has 0 aliphatic carbocycles. The maximum Gasteiger partial charge on any atom is 0.255 e. The van der Waals surface area contributed by atoms with Gasteiger partial charge in [0.1, 0.15) is 0 Å². The zero-order valence-electron chi connectivity index (χ0n) is 13.4. The highest BCUT2D eigenvalue weighted by Crippen LogP contribution is 2.33. The molecule has 2 heterocycles. The lowest BCUT2D eigenvalue weighted by Crippen LogP contribution is -2.45. The van der Waals surface area contributed by atoms with Crippen LogP contribution in [0.4, 0.5) is 0 Å². The Hall–Kier alpha value is -2.11. The molecule has 1 aliphatic rings. The van der Waals surface area contributed by atoms with Gasteiger partial charge in [-0.3, -0.25) is 9.59 Å². The molecule has 1 amide bonds. The van der Waals surface area contributed by atoms with Crippen molar-refractivity contribution in [2.75, 3.05) is 13.1 Å². The van der Waals surface area contributed by atoms with Crippen LogP contribution in [0.2, 0.25) is 5.02 Å². The molecule has 24 heavy (non-hydrogen) atoms. The van der Waals surface area contributed by atoms with E-state index in [2.05, 4.69) is 0 Å². The fourth-order valence-electron chi connectivity index (χ4n) is 3.03. The lowest BCUT2D eigenvalue weighted by Gasteiger charge is -2.38. The molecular formula is C18H19ClN2O3. The van der Waals surface area contributed by atoms with Crippen LogP contribution in [0.5, 0.6) is 0 Å².